The lowest BCUT2D eigenvalue weighted by molar-refractivity contribution is -0.138. The fourth-order valence-electron chi connectivity index (χ4n) is 2.09. The summed E-state index contributed by atoms with van der Waals surface area (Å²) in [6, 6.07) is 16.6. The Kier molecular flexibility index (Phi) is 10.5. The van der Waals surface area contributed by atoms with Crippen molar-refractivity contribution in [2.75, 3.05) is 24.7 Å². The zero-order valence-electron chi connectivity index (χ0n) is 15.9. The Morgan fingerprint density at radius 3 is 1.86 bits per heavy atom. The van der Waals surface area contributed by atoms with Crippen molar-refractivity contribution in [1.82, 2.24) is 0 Å². The summed E-state index contributed by atoms with van der Waals surface area (Å²) in [6.45, 7) is 7.47. The molecule has 0 radical (unpaired) electrons. The van der Waals surface area contributed by atoms with Gasteiger partial charge in [0.1, 0.15) is 13.2 Å². The normalized spacial score (nSPS) is 10.2. The van der Waals surface area contributed by atoms with Crippen LogP contribution in [0.25, 0.3) is 0 Å². The first-order valence-electron chi connectivity index (χ1n) is 8.82. The van der Waals surface area contributed by atoms with E-state index in [4.69, 9.17) is 9.47 Å². The Bertz CT molecular complexity index is 834. The summed E-state index contributed by atoms with van der Waals surface area (Å²) in [5.74, 6) is 0.611. The van der Waals surface area contributed by atoms with Crippen LogP contribution in [-0.4, -0.2) is 36.7 Å². The molecule has 2 aromatic rings. The highest BCUT2D eigenvalue weighted by atomic mass is 32.2. The lowest BCUT2D eigenvalue weighted by atomic mass is 10.4. The highest BCUT2D eigenvalue weighted by molar-refractivity contribution is 8.00. The van der Waals surface area contributed by atoms with Crippen molar-refractivity contribution < 1.29 is 19.1 Å². The van der Waals surface area contributed by atoms with Crippen LogP contribution in [0.15, 0.2) is 93.4 Å². The predicted octanol–water partition coefficient (Wildman–Crippen LogP) is 5.48. The standard InChI is InChI=1S/C22H22O4S3/c1-3-21(23)25-12-14-27-17-8-10-18(11-9-17)29-20-7-5-6-19(16-20)28-15-13-26-22(24)4-2/h3-11,16H,1-2,12-15H2. The number of benzene rings is 2. The van der Waals surface area contributed by atoms with Crippen LogP contribution in [0.2, 0.25) is 0 Å². The van der Waals surface area contributed by atoms with Crippen molar-refractivity contribution in [3.8, 4) is 0 Å². The van der Waals surface area contributed by atoms with Crippen LogP contribution >= 0.6 is 35.3 Å². The molecule has 4 nitrogen and oxygen atoms in total. The van der Waals surface area contributed by atoms with E-state index in [1.807, 2.05) is 12.1 Å². The maximum Gasteiger partial charge on any atom is 0.330 e. The van der Waals surface area contributed by atoms with Gasteiger partial charge >= 0.3 is 11.9 Å². The summed E-state index contributed by atoms with van der Waals surface area (Å²) in [5, 5.41) is 0. The van der Waals surface area contributed by atoms with Crippen LogP contribution in [0.1, 0.15) is 0 Å². The van der Waals surface area contributed by atoms with Gasteiger partial charge < -0.3 is 9.47 Å². The molecule has 0 amide bonds. The Hall–Kier alpha value is -2.09. The number of carbonyl (C=O) groups is 2. The predicted molar refractivity (Wildman–Crippen MR) is 121 cm³/mol. The molecule has 0 aliphatic carbocycles. The molecule has 0 aromatic heterocycles. The second-order valence-corrected chi connectivity index (χ2v) is 8.97. The van der Waals surface area contributed by atoms with E-state index in [-0.39, 0.29) is 0 Å². The van der Waals surface area contributed by atoms with Crippen molar-refractivity contribution in [2.45, 2.75) is 19.6 Å². The van der Waals surface area contributed by atoms with Crippen molar-refractivity contribution in [2.24, 2.45) is 0 Å². The molecular formula is C22H22O4S3. The topological polar surface area (TPSA) is 52.6 Å². The lowest BCUT2D eigenvalue weighted by Crippen LogP contribution is -2.03. The highest BCUT2D eigenvalue weighted by Gasteiger charge is 2.03. The third-order valence-corrected chi connectivity index (χ3v) is 6.32. The molecule has 0 fully saturated rings. The van der Waals surface area contributed by atoms with Crippen LogP contribution in [-0.2, 0) is 19.1 Å². The minimum absolute atomic E-state index is 0.360. The zero-order valence-corrected chi connectivity index (χ0v) is 18.3. The molecule has 0 aliphatic rings. The van der Waals surface area contributed by atoms with E-state index < -0.39 is 11.9 Å². The van der Waals surface area contributed by atoms with Gasteiger partial charge in [0, 0.05) is 43.2 Å². The van der Waals surface area contributed by atoms with E-state index in [1.54, 1.807) is 35.3 Å². The first kappa shape index (κ1) is 23.2. The quantitative estimate of drug-likeness (QED) is 0.185. The number of esters is 2. The molecule has 0 saturated heterocycles. The van der Waals surface area contributed by atoms with Gasteiger partial charge in [-0.25, -0.2) is 9.59 Å². The van der Waals surface area contributed by atoms with E-state index in [1.165, 1.54) is 12.2 Å². The number of thioether (sulfide) groups is 2. The average molecular weight is 447 g/mol. The number of ether oxygens (including phenoxy) is 2. The molecule has 2 rings (SSSR count). The third-order valence-electron chi connectivity index (χ3n) is 3.39. The molecule has 0 atom stereocenters. The summed E-state index contributed by atoms with van der Waals surface area (Å²) in [5.41, 5.74) is 0. The maximum atomic E-state index is 11.0. The van der Waals surface area contributed by atoms with E-state index >= 15 is 0 Å². The average Bonchev–Trinajstić information content (AvgIpc) is 2.75. The summed E-state index contributed by atoms with van der Waals surface area (Å²) in [6.07, 6.45) is 2.34. The van der Waals surface area contributed by atoms with Gasteiger partial charge in [-0.3, -0.25) is 0 Å². The van der Waals surface area contributed by atoms with Crippen LogP contribution in [0, 0.1) is 0 Å². The van der Waals surface area contributed by atoms with E-state index in [9.17, 15) is 9.59 Å². The Morgan fingerprint density at radius 1 is 0.759 bits per heavy atom. The van der Waals surface area contributed by atoms with Crippen LogP contribution in [0.5, 0.6) is 0 Å². The zero-order chi connectivity index (χ0) is 20.9. The first-order valence-corrected chi connectivity index (χ1v) is 11.6. The van der Waals surface area contributed by atoms with E-state index in [0.717, 1.165) is 19.6 Å². The van der Waals surface area contributed by atoms with Crippen LogP contribution in [0.4, 0.5) is 0 Å². The van der Waals surface area contributed by atoms with Crippen molar-refractivity contribution in [3.63, 3.8) is 0 Å². The minimum Gasteiger partial charge on any atom is -0.462 e. The monoisotopic (exact) mass is 446 g/mol. The Morgan fingerprint density at radius 2 is 1.28 bits per heavy atom. The fraction of sp³-hybridized carbons (Fsp3) is 0.182. The fourth-order valence-corrected chi connectivity index (χ4v) is 4.56. The molecule has 0 aliphatic heterocycles. The van der Waals surface area contributed by atoms with Gasteiger partial charge in [-0.05, 0) is 42.5 Å². The van der Waals surface area contributed by atoms with Crippen LogP contribution in [0.3, 0.4) is 0 Å². The molecule has 2 aromatic carbocycles. The molecule has 7 heteroatoms. The number of hydrogen-bond donors (Lipinski definition) is 0. The molecule has 0 bridgehead atoms. The van der Waals surface area contributed by atoms with Crippen molar-refractivity contribution >= 4 is 47.2 Å². The largest absolute Gasteiger partial charge is 0.462 e. The maximum absolute atomic E-state index is 11.0. The minimum atomic E-state index is -0.394. The molecule has 0 N–H and O–H groups in total. The van der Waals surface area contributed by atoms with Crippen molar-refractivity contribution in [1.29, 1.82) is 0 Å². The molecule has 0 unspecified atom stereocenters. The third kappa shape index (κ3) is 9.30. The molecule has 0 saturated carbocycles. The van der Waals surface area contributed by atoms with Gasteiger partial charge in [-0.2, -0.15) is 0 Å². The van der Waals surface area contributed by atoms with Gasteiger partial charge in [-0.15, -0.1) is 23.5 Å². The Balaban J connectivity index is 1.79. The molecule has 0 heterocycles. The molecule has 0 spiro atoms. The molecular weight excluding hydrogens is 424 g/mol. The smallest absolute Gasteiger partial charge is 0.330 e. The van der Waals surface area contributed by atoms with Crippen molar-refractivity contribution in [3.05, 3.63) is 73.8 Å². The second-order valence-electron chi connectivity index (χ2n) is 5.49. The molecule has 152 valence electrons. The Labute approximate surface area is 184 Å². The second kappa shape index (κ2) is 13.2. The van der Waals surface area contributed by atoms with Gasteiger partial charge in [0.05, 0.1) is 0 Å². The van der Waals surface area contributed by atoms with Gasteiger partial charge in [-0.1, -0.05) is 31.0 Å². The highest BCUT2D eigenvalue weighted by Crippen LogP contribution is 2.32. The van der Waals surface area contributed by atoms with E-state index in [2.05, 4.69) is 49.6 Å². The summed E-state index contributed by atoms with van der Waals surface area (Å²) >= 11 is 4.98. The van der Waals surface area contributed by atoms with Gasteiger partial charge in [0.2, 0.25) is 0 Å². The number of carbonyl (C=O) groups excluding carboxylic acids is 2. The summed E-state index contributed by atoms with van der Waals surface area (Å²) in [4.78, 5) is 26.6. The van der Waals surface area contributed by atoms with Gasteiger partial charge in [0.15, 0.2) is 0 Å². The van der Waals surface area contributed by atoms with Crippen LogP contribution < -0.4 is 0 Å². The lowest BCUT2D eigenvalue weighted by Gasteiger charge is -2.07. The SMILES string of the molecule is C=CC(=O)OCCSc1ccc(Sc2cccc(SCCOC(=O)C=C)c2)cc1. The first-order chi connectivity index (χ1) is 14.1. The number of hydrogen-bond acceptors (Lipinski definition) is 7. The number of rotatable bonds is 12. The molecule has 29 heavy (non-hydrogen) atoms. The summed E-state index contributed by atoms with van der Waals surface area (Å²) in [7, 11) is 0. The summed E-state index contributed by atoms with van der Waals surface area (Å²) < 4.78 is 9.96. The van der Waals surface area contributed by atoms with Gasteiger partial charge in [0.25, 0.3) is 0 Å². The van der Waals surface area contributed by atoms with E-state index in [0.29, 0.717) is 24.7 Å².